The van der Waals surface area contributed by atoms with Crippen LogP contribution in [0.1, 0.15) is 11.3 Å². The van der Waals surface area contributed by atoms with E-state index in [1.54, 1.807) is 18.3 Å². The van der Waals surface area contributed by atoms with Crippen molar-refractivity contribution < 1.29 is 14.7 Å². The maximum atomic E-state index is 12.2. The van der Waals surface area contributed by atoms with Crippen molar-refractivity contribution in [2.75, 3.05) is 36.8 Å². The second-order valence-electron chi connectivity index (χ2n) is 6.59. The Kier molecular flexibility index (Phi) is 6.33. The van der Waals surface area contributed by atoms with E-state index >= 15 is 0 Å². The number of urea groups is 1. The summed E-state index contributed by atoms with van der Waals surface area (Å²) in [6.45, 7) is 4.68. The van der Waals surface area contributed by atoms with Crippen LogP contribution in [0.3, 0.4) is 0 Å². The normalized spacial score (nSPS) is 14.6. The second-order valence-corrected chi connectivity index (χ2v) is 6.97. The van der Waals surface area contributed by atoms with E-state index < -0.39 is 12.1 Å². The molecular formula is C19H22ClN5O3. The highest BCUT2D eigenvalue weighted by Crippen LogP contribution is 2.27. The third-order valence-corrected chi connectivity index (χ3v) is 4.98. The number of halogens is 1. The number of hydrogen-bond donors (Lipinski definition) is 3. The number of amides is 3. The minimum absolute atomic E-state index is 0.403. The molecule has 148 valence electrons. The molecule has 0 spiro atoms. The number of nitrogens with one attached hydrogen (secondary N) is 2. The SMILES string of the molecule is Cc1ccc(NC(=O)Nc2cccc(CN3CCN(C(=O)O)CC3)c2Cl)cn1. The first kappa shape index (κ1) is 19.9. The van der Waals surface area contributed by atoms with Gasteiger partial charge in [-0.05, 0) is 30.7 Å². The number of aromatic nitrogens is 1. The van der Waals surface area contributed by atoms with Crippen LogP contribution in [0.15, 0.2) is 36.5 Å². The van der Waals surface area contributed by atoms with Crippen LogP contribution in [0.25, 0.3) is 0 Å². The van der Waals surface area contributed by atoms with Crippen LogP contribution in [-0.4, -0.2) is 58.2 Å². The van der Waals surface area contributed by atoms with E-state index in [-0.39, 0.29) is 0 Å². The highest BCUT2D eigenvalue weighted by atomic mass is 35.5. The first-order valence-electron chi connectivity index (χ1n) is 8.90. The van der Waals surface area contributed by atoms with E-state index in [0.717, 1.165) is 11.3 Å². The van der Waals surface area contributed by atoms with Gasteiger partial charge in [0.25, 0.3) is 0 Å². The Balaban J connectivity index is 1.60. The average molecular weight is 404 g/mol. The van der Waals surface area contributed by atoms with E-state index in [2.05, 4.69) is 20.5 Å². The Morgan fingerprint density at radius 2 is 1.89 bits per heavy atom. The van der Waals surface area contributed by atoms with E-state index in [1.165, 1.54) is 4.90 Å². The van der Waals surface area contributed by atoms with Crippen LogP contribution in [0.4, 0.5) is 21.0 Å². The Labute approximate surface area is 168 Å². The molecule has 3 rings (SSSR count). The van der Waals surface area contributed by atoms with Gasteiger partial charge in [0.15, 0.2) is 0 Å². The quantitative estimate of drug-likeness (QED) is 0.726. The van der Waals surface area contributed by atoms with E-state index in [9.17, 15) is 9.59 Å². The van der Waals surface area contributed by atoms with Gasteiger partial charge in [0, 0.05) is 38.4 Å². The Bertz CT molecular complexity index is 851. The van der Waals surface area contributed by atoms with Crippen molar-refractivity contribution in [1.82, 2.24) is 14.8 Å². The van der Waals surface area contributed by atoms with Gasteiger partial charge in [-0.2, -0.15) is 0 Å². The van der Waals surface area contributed by atoms with Crippen molar-refractivity contribution in [1.29, 1.82) is 0 Å². The smallest absolute Gasteiger partial charge is 0.407 e. The van der Waals surface area contributed by atoms with Crippen LogP contribution in [0, 0.1) is 6.92 Å². The minimum atomic E-state index is -0.890. The molecule has 1 saturated heterocycles. The molecule has 0 saturated carbocycles. The van der Waals surface area contributed by atoms with Gasteiger partial charge in [0.05, 0.1) is 22.6 Å². The predicted molar refractivity (Wildman–Crippen MR) is 108 cm³/mol. The Morgan fingerprint density at radius 1 is 1.14 bits per heavy atom. The molecule has 8 nitrogen and oxygen atoms in total. The number of hydrogen-bond acceptors (Lipinski definition) is 4. The van der Waals surface area contributed by atoms with Crippen LogP contribution in [0.5, 0.6) is 0 Å². The number of piperazine rings is 1. The average Bonchev–Trinajstić information content (AvgIpc) is 2.67. The zero-order chi connectivity index (χ0) is 20.1. The minimum Gasteiger partial charge on any atom is -0.465 e. The summed E-state index contributed by atoms with van der Waals surface area (Å²) in [6, 6.07) is 8.65. The Morgan fingerprint density at radius 3 is 2.54 bits per heavy atom. The molecule has 1 fully saturated rings. The third kappa shape index (κ3) is 5.11. The van der Waals surface area contributed by atoms with Crippen LogP contribution >= 0.6 is 11.6 Å². The van der Waals surface area contributed by atoms with E-state index in [4.69, 9.17) is 16.7 Å². The topological polar surface area (TPSA) is 97.8 Å². The van der Waals surface area contributed by atoms with E-state index in [0.29, 0.717) is 49.1 Å². The monoisotopic (exact) mass is 403 g/mol. The number of carboxylic acid groups (broad SMARTS) is 1. The number of pyridine rings is 1. The van der Waals surface area contributed by atoms with Crippen molar-refractivity contribution in [3.8, 4) is 0 Å². The van der Waals surface area contributed by atoms with Gasteiger partial charge in [-0.25, -0.2) is 9.59 Å². The van der Waals surface area contributed by atoms with Crippen molar-refractivity contribution in [2.45, 2.75) is 13.5 Å². The first-order chi connectivity index (χ1) is 13.4. The van der Waals surface area contributed by atoms with Crippen LogP contribution < -0.4 is 10.6 Å². The van der Waals surface area contributed by atoms with Gasteiger partial charge in [-0.3, -0.25) is 9.88 Å². The highest BCUT2D eigenvalue weighted by molar-refractivity contribution is 6.34. The second kappa shape index (κ2) is 8.90. The maximum Gasteiger partial charge on any atom is 0.407 e. The van der Waals surface area contributed by atoms with Gasteiger partial charge in [-0.1, -0.05) is 23.7 Å². The predicted octanol–water partition coefficient (Wildman–Crippen LogP) is 3.48. The molecule has 9 heteroatoms. The molecule has 0 unspecified atom stereocenters. The lowest BCUT2D eigenvalue weighted by Gasteiger charge is -2.33. The molecule has 1 aromatic heterocycles. The molecule has 1 aromatic carbocycles. The number of carbonyl (C=O) groups excluding carboxylic acids is 1. The summed E-state index contributed by atoms with van der Waals surface area (Å²) in [5.41, 5.74) is 2.85. The molecule has 3 amide bonds. The van der Waals surface area contributed by atoms with Gasteiger partial charge >= 0.3 is 12.1 Å². The summed E-state index contributed by atoms with van der Waals surface area (Å²) >= 11 is 6.49. The summed E-state index contributed by atoms with van der Waals surface area (Å²) in [7, 11) is 0. The standard InChI is InChI=1S/C19H22ClN5O3/c1-13-5-6-15(11-21-13)22-18(26)23-16-4-2-3-14(17(16)20)12-24-7-9-25(10-8-24)19(27)28/h2-6,11H,7-10,12H2,1H3,(H,27,28)(H2,22,23,26). The van der Waals surface area contributed by atoms with Crippen molar-refractivity contribution >= 4 is 35.1 Å². The number of benzene rings is 1. The van der Waals surface area contributed by atoms with Gasteiger partial charge in [0.1, 0.15) is 0 Å². The van der Waals surface area contributed by atoms with Crippen molar-refractivity contribution in [3.63, 3.8) is 0 Å². The fourth-order valence-electron chi connectivity index (χ4n) is 2.96. The zero-order valence-electron chi connectivity index (χ0n) is 15.5. The molecule has 28 heavy (non-hydrogen) atoms. The highest BCUT2D eigenvalue weighted by Gasteiger charge is 2.21. The summed E-state index contributed by atoms with van der Waals surface area (Å²) in [4.78, 5) is 30.9. The molecular weight excluding hydrogens is 382 g/mol. The van der Waals surface area contributed by atoms with Crippen molar-refractivity contribution in [2.24, 2.45) is 0 Å². The number of aryl methyl sites for hydroxylation is 1. The largest absolute Gasteiger partial charge is 0.465 e. The molecule has 2 heterocycles. The van der Waals surface area contributed by atoms with Gasteiger partial charge < -0.3 is 20.6 Å². The van der Waals surface area contributed by atoms with E-state index in [1.807, 2.05) is 25.1 Å². The first-order valence-corrected chi connectivity index (χ1v) is 9.28. The molecule has 0 atom stereocenters. The van der Waals surface area contributed by atoms with Crippen LogP contribution in [-0.2, 0) is 6.54 Å². The molecule has 0 aliphatic carbocycles. The fraction of sp³-hybridized carbons (Fsp3) is 0.316. The van der Waals surface area contributed by atoms with Gasteiger partial charge in [0.2, 0.25) is 0 Å². The third-order valence-electron chi connectivity index (χ3n) is 4.53. The lowest BCUT2D eigenvalue weighted by Crippen LogP contribution is -2.47. The van der Waals surface area contributed by atoms with Crippen molar-refractivity contribution in [3.05, 3.63) is 52.8 Å². The summed E-state index contributed by atoms with van der Waals surface area (Å²) in [5.74, 6) is 0. The summed E-state index contributed by atoms with van der Waals surface area (Å²) in [6.07, 6.45) is 0.697. The number of nitrogens with zero attached hydrogens (tertiary/aromatic N) is 3. The summed E-state index contributed by atoms with van der Waals surface area (Å²) in [5, 5.41) is 15.0. The maximum absolute atomic E-state index is 12.2. The molecule has 1 aliphatic rings. The Hall–Kier alpha value is -2.84. The summed E-state index contributed by atoms with van der Waals surface area (Å²) < 4.78 is 0. The number of anilines is 2. The molecule has 1 aliphatic heterocycles. The van der Waals surface area contributed by atoms with Gasteiger partial charge in [-0.15, -0.1) is 0 Å². The zero-order valence-corrected chi connectivity index (χ0v) is 16.2. The molecule has 2 aromatic rings. The van der Waals surface area contributed by atoms with Crippen LogP contribution in [0.2, 0.25) is 5.02 Å². The molecule has 3 N–H and O–H groups in total. The lowest BCUT2D eigenvalue weighted by atomic mass is 10.1. The number of rotatable bonds is 4. The molecule has 0 bridgehead atoms. The fourth-order valence-corrected chi connectivity index (χ4v) is 3.20. The lowest BCUT2D eigenvalue weighted by molar-refractivity contribution is 0.103. The number of carbonyl (C=O) groups is 2. The molecule has 0 radical (unpaired) electrons.